The summed E-state index contributed by atoms with van der Waals surface area (Å²) in [6.45, 7) is 14.8. The molecule has 31 heavy (non-hydrogen) atoms. The average Bonchev–Trinajstić information content (AvgIpc) is 3.04. The Morgan fingerprint density at radius 3 is 2.61 bits per heavy atom. The van der Waals surface area contributed by atoms with E-state index in [4.69, 9.17) is 0 Å². The minimum absolute atomic E-state index is 0.149. The monoisotopic (exact) mass is 430 g/mol. The minimum atomic E-state index is -0.648. The van der Waals surface area contributed by atoms with E-state index in [1.54, 1.807) is 5.57 Å². The summed E-state index contributed by atoms with van der Waals surface area (Å²) in [7, 11) is 0. The lowest BCUT2D eigenvalue weighted by molar-refractivity contribution is 0.0283. The fourth-order valence-corrected chi connectivity index (χ4v) is 6.91. The Labute approximate surface area is 190 Å². The Kier molecular flexibility index (Phi) is 7.61. The second kappa shape index (κ2) is 9.53. The normalized spacial score (nSPS) is 40.4. The molecule has 3 N–H and O–H groups in total. The predicted octanol–water partition coefficient (Wildman–Crippen LogP) is 5.95. The standard InChI is InChI=1S/C28H46O3/c1-18(9-7-15-27(4,5)31)23-13-14-24-21(10-8-16-28(23,24)6)11-12-22-17-25(29)20(3)26(30)19(22)2/h11-12,18,20,23-26,29-31H,2,7-10,13-17H2,1,3-6H3/b21-11+,22-12-/t18-,20+,23-,24+,25-,26+,28-/m1/s1. The van der Waals surface area contributed by atoms with Crippen LogP contribution in [0.5, 0.6) is 0 Å². The Hall–Kier alpha value is -0.900. The number of allylic oxidation sites excluding steroid dienone is 3. The smallest absolute Gasteiger partial charge is 0.0837 e. The maximum Gasteiger partial charge on any atom is 0.0837 e. The first kappa shape index (κ1) is 24.7. The van der Waals surface area contributed by atoms with Crippen molar-refractivity contribution in [1.82, 2.24) is 0 Å². The molecule has 0 unspecified atom stereocenters. The van der Waals surface area contributed by atoms with Crippen LogP contribution >= 0.6 is 0 Å². The van der Waals surface area contributed by atoms with Gasteiger partial charge in [-0.2, -0.15) is 0 Å². The molecule has 7 atom stereocenters. The van der Waals surface area contributed by atoms with Crippen LogP contribution < -0.4 is 0 Å². The van der Waals surface area contributed by atoms with Crippen molar-refractivity contribution in [3.05, 3.63) is 35.5 Å². The summed E-state index contributed by atoms with van der Waals surface area (Å²) in [6.07, 6.45) is 13.4. The third-order valence-electron chi connectivity index (χ3n) is 8.97. The van der Waals surface area contributed by atoms with Gasteiger partial charge in [0.1, 0.15) is 0 Å². The van der Waals surface area contributed by atoms with Crippen molar-refractivity contribution < 1.29 is 15.3 Å². The second-order valence-corrected chi connectivity index (χ2v) is 11.8. The van der Waals surface area contributed by atoms with E-state index in [9.17, 15) is 15.3 Å². The van der Waals surface area contributed by atoms with Gasteiger partial charge in [-0.3, -0.25) is 0 Å². The maximum atomic E-state index is 10.4. The van der Waals surface area contributed by atoms with Crippen molar-refractivity contribution in [2.75, 3.05) is 0 Å². The zero-order valence-electron chi connectivity index (χ0n) is 20.5. The molecular formula is C28H46O3. The third-order valence-corrected chi connectivity index (χ3v) is 8.97. The van der Waals surface area contributed by atoms with Crippen molar-refractivity contribution in [2.24, 2.45) is 29.1 Å². The van der Waals surface area contributed by atoms with Crippen LogP contribution in [0, 0.1) is 29.1 Å². The van der Waals surface area contributed by atoms with Gasteiger partial charge in [-0.25, -0.2) is 0 Å². The highest BCUT2D eigenvalue weighted by Gasteiger charge is 2.50. The Bertz CT molecular complexity index is 712. The zero-order chi connectivity index (χ0) is 23.0. The van der Waals surface area contributed by atoms with Crippen molar-refractivity contribution in [3.8, 4) is 0 Å². The molecule has 0 radical (unpaired) electrons. The number of fused-ring (bicyclic) bond motifs is 1. The van der Waals surface area contributed by atoms with E-state index in [0.29, 0.717) is 23.7 Å². The lowest BCUT2D eigenvalue weighted by Crippen LogP contribution is -2.36. The summed E-state index contributed by atoms with van der Waals surface area (Å²) >= 11 is 0. The summed E-state index contributed by atoms with van der Waals surface area (Å²) in [5.41, 5.74) is 3.15. The van der Waals surface area contributed by atoms with Gasteiger partial charge in [0.25, 0.3) is 0 Å². The molecule has 0 aromatic heterocycles. The fraction of sp³-hybridized carbons (Fsp3) is 0.786. The van der Waals surface area contributed by atoms with Gasteiger partial charge in [0.2, 0.25) is 0 Å². The molecule has 0 aromatic carbocycles. The van der Waals surface area contributed by atoms with Crippen LogP contribution in [0.1, 0.15) is 92.4 Å². The summed E-state index contributed by atoms with van der Waals surface area (Å²) in [6, 6.07) is 0. The molecule has 176 valence electrons. The molecule has 3 rings (SSSR count). The molecule has 3 aliphatic rings. The Morgan fingerprint density at radius 1 is 1.23 bits per heavy atom. The van der Waals surface area contributed by atoms with Gasteiger partial charge in [-0.05, 0) is 93.1 Å². The van der Waals surface area contributed by atoms with E-state index >= 15 is 0 Å². The number of rotatable bonds is 6. The van der Waals surface area contributed by atoms with Crippen LogP contribution in [0.3, 0.4) is 0 Å². The lowest BCUT2D eigenvalue weighted by atomic mass is 9.60. The van der Waals surface area contributed by atoms with Crippen LogP contribution in [0.2, 0.25) is 0 Å². The largest absolute Gasteiger partial charge is 0.392 e. The van der Waals surface area contributed by atoms with Gasteiger partial charge in [0, 0.05) is 5.92 Å². The first-order valence-electron chi connectivity index (χ1n) is 12.6. The van der Waals surface area contributed by atoms with E-state index < -0.39 is 17.8 Å². The van der Waals surface area contributed by atoms with E-state index in [0.717, 1.165) is 36.3 Å². The number of hydrogen-bond acceptors (Lipinski definition) is 3. The molecule has 0 aromatic rings. The molecule has 0 heterocycles. The van der Waals surface area contributed by atoms with Crippen LogP contribution in [-0.2, 0) is 0 Å². The first-order chi connectivity index (χ1) is 14.4. The van der Waals surface area contributed by atoms with Crippen LogP contribution in [-0.4, -0.2) is 33.1 Å². The van der Waals surface area contributed by atoms with Gasteiger partial charge in [0.05, 0.1) is 17.8 Å². The SMILES string of the molecule is C=C1/C(=C\C=C2/CCC[C@]3(C)[C@@H]([C@H](C)CCCC(C)(C)O)CC[C@@H]23)C[C@@H](O)[C@H](C)[C@H]1O. The van der Waals surface area contributed by atoms with Crippen LogP contribution in [0.25, 0.3) is 0 Å². The molecule has 3 saturated carbocycles. The summed E-state index contributed by atoms with van der Waals surface area (Å²) in [4.78, 5) is 0. The van der Waals surface area contributed by atoms with Crippen molar-refractivity contribution >= 4 is 0 Å². The van der Waals surface area contributed by atoms with Gasteiger partial charge in [-0.15, -0.1) is 0 Å². The third kappa shape index (κ3) is 5.37. The fourth-order valence-electron chi connectivity index (χ4n) is 6.91. The molecule has 0 amide bonds. The Balaban J connectivity index is 1.71. The molecule has 3 fully saturated rings. The molecule has 3 heteroatoms. The second-order valence-electron chi connectivity index (χ2n) is 11.8. The van der Waals surface area contributed by atoms with E-state index in [1.165, 1.54) is 32.1 Å². The quantitative estimate of drug-likeness (QED) is 0.488. The van der Waals surface area contributed by atoms with Crippen LogP contribution in [0.15, 0.2) is 35.5 Å². The van der Waals surface area contributed by atoms with Crippen molar-refractivity contribution in [3.63, 3.8) is 0 Å². The lowest BCUT2D eigenvalue weighted by Gasteiger charge is -2.44. The molecule has 0 spiro atoms. The maximum absolute atomic E-state index is 10.4. The minimum Gasteiger partial charge on any atom is -0.392 e. The molecule has 0 bridgehead atoms. The van der Waals surface area contributed by atoms with Crippen molar-refractivity contribution in [2.45, 2.75) is 110 Å². The molecule has 0 aliphatic heterocycles. The van der Waals surface area contributed by atoms with E-state index in [1.807, 2.05) is 20.8 Å². The molecule has 3 nitrogen and oxygen atoms in total. The van der Waals surface area contributed by atoms with Crippen LogP contribution in [0.4, 0.5) is 0 Å². The summed E-state index contributed by atoms with van der Waals surface area (Å²) in [5, 5.41) is 30.7. The van der Waals surface area contributed by atoms with E-state index in [-0.39, 0.29) is 5.92 Å². The van der Waals surface area contributed by atoms with Gasteiger partial charge in [-0.1, -0.05) is 57.9 Å². The van der Waals surface area contributed by atoms with E-state index in [2.05, 4.69) is 32.6 Å². The number of aliphatic hydroxyl groups is 3. The molecule has 0 saturated heterocycles. The van der Waals surface area contributed by atoms with Gasteiger partial charge >= 0.3 is 0 Å². The predicted molar refractivity (Wildman–Crippen MR) is 129 cm³/mol. The summed E-state index contributed by atoms with van der Waals surface area (Å²) < 4.78 is 0. The van der Waals surface area contributed by atoms with Gasteiger partial charge in [0.15, 0.2) is 0 Å². The highest BCUT2D eigenvalue weighted by molar-refractivity contribution is 5.39. The molecule has 3 aliphatic carbocycles. The average molecular weight is 431 g/mol. The zero-order valence-corrected chi connectivity index (χ0v) is 20.5. The summed E-state index contributed by atoms with van der Waals surface area (Å²) in [5.74, 6) is 1.94. The van der Waals surface area contributed by atoms with Gasteiger partial charge < -0.3 is 15.3 Å². The molecular weight excluding hydrogens is 384 g/mol. The topological polar surface area (TPSA) is 60.7 Å². The number of aliphatic hydroxyl groups excluding tert-OH is 2. The Morgan fingerprint density at radius 2 is 1.94 bits per heavy atom. The van der Waals surface area contributed by atoms with Crippen molar-refractivity contribution in [1.29, 1.82) is 0 Å². The highest BCUT2D eigenvalue weighted by Crippen LogP contribution is 2.60. The number of hydrogen-bond donors (Lipinski definition) is 3. The first-order valence-corrected chi connectivity index (χ1v) is 12.6. The highest BCUT2D eigenvalue weighted by atomic mass is 16.3.